The van der Waals surface area contributed by atoms with Crippen LogP contribution in [0.5, 0.6) is 0 Å². The summed E-state index contributed by atoms with van der Waals surface area (Å²) in [5.74, 6) is 0. The van der Waals surface area contributed by atoms with Gasteiger partial charge in [-0.3, -0.25) is 0 Å². The summed E-state index contributed by atoms with van der Waals surface area (Å²) in [7, 11) is 0. The first-order chi connectivity index (χ1) is 9.92. The molecule has 101 valence electrons. The van der Waals surface area contributed by atoms with E-state index in [1.807, 2.05) is 0 Å². The first-order valence-electron chi connectivity index (χ1n) is 7.03. The van der Waals surface area contributed by atoms with E-state index in [1.54, 1.807) is 4.44 Å². The molecule has 20 heavy (non-hydrogen) atoms. The molecule has 0 saturated heterocycles. The Morgan fingerprint density at radius 1 is 0.750 bits per heavy atom. The quantitative estimate of drug-likeness (QED) is 0.740. The summed E-state index contributed by atoms with van der Waals surface area (Å²) in [6.07, 6.45) is 8.05. The van der Waals surface area contributed by atoms with E-state index >= 15 is 0 Å². The van der Waals surface area contributed by atoms with Gasteiger partial charge in [0.25, 0.3) is 0 Å². The van der Waals surface area contributed by atoms with Gasteiger partial charge in [0.1, 0.15) is 0 Å². The molecule has 0 heterocycles. The van der Waals surface area contributed by atoms with Crippen LogP contribution in [0.1, 0.15) is 17.5 Å². The van der Waals surface area contributed by atoms with Crippen LogP contribution in [0.15, 0.2) is 83.3 Å². The van der Waals surface area contributed by atoms with Crippen LogP contribution in [-0.2, 0) is 24.7 Å². The number of rotatable bonds is 5. The predicted octanol–water partition coefficient (Wildman–Crippen LogP) is 4.85. The Morgan fingerprint density at radius 2 is 1.30 bits per heavy atom. The Hall–Kier alpha value is -1.55. The Labute approximate surface area is 125 Å². The van der Waals surface area contributed by atoms with E-state index in [-0.39, 0.29) is 0 Å². The zero-order chi connectivity index (χ0) is 13.6. The monoisotopic (exact) mass is 299 g/mol. The molecule has 0 saturated carbocycles. The topological polar surface area (TPSA) is 0 Å². The van der Waals surface area contributed by atoms with Gasteiger partial charge in [0.05, 0.1) is 0 Å². The van der Waals surface area contributed by atoms with E-state index in [9.17, 15) is 0 Å². The Bertz CT molecular complexity index is 555. The average Bonchev–Trinajstić information content (AvgIpc) is 3.03. The van der Waals surface area contributed by atoms with Crippen LogP contribution in [0.4, 0.5) is 0 Å². The van der Waals surface area contributed by atoms with Crippen molar-refractivity contribution in [1.82, 2.24) is 0 Å². The summed E-state index contributed by atoms with van der Waals surface area (Å²) in [5, 5.41) is 2.51. The number of hydrogen-bond acceptors (Lipinski definition) is 0. The van der Waals surface area contributed by atoms with Gasteiger partial charge in [-0.25, -0.2) is 0 Å². The molecule has 1 heteroatoms. The number of benzene rings is 2. The zero-order valence-corrected chi connectivity index (χ0v) is 12.8. The predicted molar refractivity (Wildman–Crippen MR) is 82.1 cm³/mol. The van der Waals surface area contributed by atoms with Crippen LogP contribution < -0.4 is 0 Å². The number of hydrogen-bond donors (Lipinski definition) is 0. The van der Waals surface area contributed by atoms with Crippen molar-refractivity contribution in [2.24, 2.45) is 0 Å². The maximum atomic E-state index is 2.36. The maximum absolute atomic E-state index is 2.36. The van der Waals surface area contributed by atoms with Crippen LogP contribution >= 0.6 is 0 Å². The van der Waals surface area contributed by atoms with Gasteiger partial charge >= 0.3 is 126 Å². The summed E-state index contributed by atoms with van der Waals surface area (Å²) in [6.45, 7) is 0. The fourth-order valence-electron chi connectivity index (χ4n) is 2.43. The molecule has 0 spiro atoms. The van der Waals surface area contributed by atoms with Gasteiger partial charge < -0.3 is 0 Å². The van der Waals surface area contributed by atoms with E-state index in [4.69, 9.17) is 0 Å². The van der Waals surface area contributed by atoms with Gasteiger partial charge in [0.2, 0.25) is 0 Å². The van der Waals surface area contributed by atoms with Gasteiger partial charge in [0.15, 0.2) is 0 Å². The molecular weight excluding hydrogens is 280 g/mol. The van der Waals surface area contributed by atoms with Crippen LogP contribution in [0.2, 0.25) is 0 Å². The fourth-order valence-corrected chi connectivity index (χ4v) is 5.97. The molecule has 0 aliphatic heterocycles. The zero-order valence-electron chi connectivity index (χ0n) is 11.5. The minimum absolute atomic E-state index is 0.786. The molecule has 2 aromatic carbocycles. The van der Waals surface area contributed by atoms with Crippen LogP contribution in [0.25, 0.3) is 0 Å². The molecule has 0 amide bonds. The fraction of sp³-hybridized carbons (Fsp3) is 0.158. The van der Waals surface area contributed by atoms with Crippen molar-refractivity contribution >= 4 is 0 Å². The average molecular weight is 299 g/mol. The molecule has 0 bridgehead atoms. The molecule has 3 rings (SSSR count). The normalized spacial score (nSPS) is 13.8. The van der Waals surface area contributed by atoms with Crippen LogP contribution in [-0.4, -0.2) is 0 Å². The van der Waals surface area contributed by atoms with Crippen molar-refractivity contribution in [3.63, 3.8) is 0 Å². The van der Waals surface area contributed by atoms with Crippen molar-refractivity contribution in [1.29, 1.82) is 0 Å². The first-order valence-corrected chi connectivity index (χ1v) is 9.47. The number of allylic oxidation sites excluding steroid dienone is 4. The van der Waals surface area contributed by atoms with Crippen molar-refractivity contribution in [3.8, 4) is 0 Å². The summed E-state index contributed by atoms with van der Waals surface area (Å²) in [4.78, 5) is 0. The van der Waals surface area contributed by atoms with Gasteiger partial charge in [-0.2, -0.15) is 0 Å². The molecule has 1 aliphatic rings. The third kappa shape index (κ3) is 3.51. The molecule has 0 nitrogen and oxygen atoms in total. The summed E-state index contributed by atoms with van der Waals surface area (Å²) in [5.41, 5.74) is 2.97. The molecular formula is C19H19Cr. The molecule has 0 N–H and O–H groups in total. The van der Waals surface area contributed by atoms with E-state index < -0.39 is 14.1 Å². The minimum atomic E-state index is -0.786. The van der Waals surface area contributed by atoms with Crippen LogP contribution in [0.3, 0.4) is 0 Å². The van der Waals surface area contributed by atoms with Gasteiger partial charge in [-0.15, -0.1) is 0 Å². The standard InChI is InChI=1S/2C7H7.C5H5.Cr/c2*1-7-5-3-2-4-6-7;1-2-4-5-3-1;/h2*2-6H,1H2;1-3H,4H2;. The summed E-state index contributed by atoms with van der Waals surface area (Å²) < 4.78 is 1.69. The second-order valence-corrected chi connectivity index (χ2v) is 8.28. The third-order valence-electron chi connectivity index (χ3n) is 3.48. The molecule has 0 aromatic heterocycles. The first kappa shape index (κ1) is 13.4. The SMILES string of the molecule is C1=CC[C]([Cr]([CH2]c2ccccc2)[CH2]c2ccccc2)=C1. The van der Waals surface area contributed by atoms with Crippen LogP contribution in [0, 0.1) is 0 Å². The molecule has 1 aliphatic carbocycles. The van der Waals surface area contributed by atoms with Crippen molar-refractivity contribution in [3.05, 3.63) is 94.5 Å². The molecule has 2 aromatic rings. The molecule has 0 fully saturated rings. The Balaban J connectivity index is 1.77. The van der Waals surface area contributed by atoms with E-state index in [0.717, 1.165) is 0 Å². The summed E-state index contributed by atoms with van der Waals surface area (Å²) in [6, 6.07) is 21.9. The molecule has 0 radical (unpaired) electrons. The van der Waals surface area contributed by atoms with Crippen molar-refractivity contribution < 1.29 is 14.1 Å². The van der Waals surface area contributed by atoms with Gasteiger partial charge in [-0.05, 0) is 0 Å². The second kappa shape index (κ2) is 6.75. The van der Waals surface area contributed by atoms with Gasteiger partial charge in [0, 0.05) is 0 Å². The Morgan fingerprint density at radius 3 is 1.75 bits per heavy atom. The second-order valence-electron chi connectivity index (χ2n) is 5.02. The van der Waals surface area contributed by atoms with Crippen molar-refractivity contribution in [2.75, 3.05) is 0 Å². The van der Waals surface area contributed by atoms with Crippen molar-refractivity contribution in [2.45, 2.75) is 17.0 Å². The summed E-state index contributed by atoms with van der Waals surface area (Å²) >= 11 is -0.786. The molecule has 0 atom stereocenters. The van der Waals surface area contributed by atoms with Gasteiger partial charge in [-0.1, -0.05) is 0 Å². The van der Waals surface area contributed by atoms with E-state index in [1.165, 1.54) is 28.1 Å². The molecule has 0 unspecified atom stereocenters. The Kier molecular flexibility index (Phi) is 4.54. The van der Waals surface area contributed by atoms with E-state index in [2.05, 4.69) is 78.9 Å². The van der Waals surface area contributed by atoms with E-state index in [0.29, 0.717) is 0 Å². The third-order valence-corrected chi connectivity index (χ3v) is 7.24.